The third kappa shape index (κ3) is 1.49. The number of aromatic amines is 1. The molecular formula is C12H9BrN2S. The number of H-pyrrole nitrogens is 1. The van der Waals surface area contributed by atoms with Crippen molar-refractivity contribution >= 4 is 38.2 Å². The average Bonchev–Trinajstić information content (AvgIpc) is 2.80. The van der Waals surface area contributed by atoms with E-state index in [-0.39, 0.29) is 0 Å². The van der Waals surface area contributed by atoms with Crippen LogP contribution < -0.4 is 0 Å². The SMILES string of the molecule is Cc1[nH]c2ccccc2c1-c1nc(Br)cs1. The molecule has 1 N–H and O–H groups in total. The summed E-state index contributed by atoms with van der Waals surface area (Å²) in [6.07, 6.45) is 0. The molecule has 0 radical (unpaired) electrons. The van der Waals surface area contributed by atoms with Crippen LogP contribution in [0, 0.1) is 6.92 Å². The van der Waals surface area contributed by atoms with Crippen LogP contribution in [0.2, 0.25) is 0 Å². The summed E-state index contributed by atoms with van der Waals surface area (Å²) >= 11 is 5.05. The quantitative estimate of drug-likeness (QED) is 0.709. The van der Waals surface area contributed by atoms with Gasteiger partial charge in [-0.15, -0.1) is 11.3 Å². The van der Waals surface area contributed by atoms with Crippen molar-refractivity contribution in [2.45, 2.75) is 6.92 Å². The van der Waals surface area contributed by atoms with Gasteiger partial charge in [0, 0.05) is 27.5 Å². The van der Waals surface area contributed by atoms with Crippen LogP contribution >= 0.6 is 27.3 Å². The fourth-order valence-electron chi connectivity index (χ4n) is 1.92. The van der Waals surface area contributed by atoms with Gasteiger partial charge in [-0.25, -0.2) is 4.98 Å². The molecule has 0 amide bonds. The second-order valence-corrected chi connectivity index (χ2v) is 5.32. The lowest BCUT2D eigenvalue weighted by Crippen LogP contribution is -1.77. The fourth-order valence-corrected chi connectivity index (χ4v) is 3.29. The third-order valence-corrected chi connectivity index (χ3v) is 4.15. The first kappa shape index (κ1) is 10.1. The molecule has 0 aliphatic heterocycles. The lowest BCUT2D eigenvalue weighted by molar-refractivity contribution is 1.28. The number of hydrogen-bond acceptors (Lipinski definition) is 2. The van der Waals surface area contributed by atoms with Crippen molar-refractivity contribution in [3.63, 3.8) is 0 Å². The van der Waals surface area contributed by atoms with Crippen molar-refractivity contribution < 1.29 is 0 Å². The predicted octanol–water partition coefficient (Wildman–Crippen LogP) is 4.36. The molecule has 0 aliphatic rings. The zero-order valence-electron chi connectivity index (χ0n) is 8.62. The Kier molecular flexibility index (Phi) is 2.33. The van der Waals surface area contributed by atoms with Gasteiger partial charge in [0.1, 0.15) is 9.61 Å². The summed E-state index contributed by atoms with van der Waals surface area (Å²) in [6, 6.07) is 8.32. The summed E-state index contributed by atoms with van der Waals surface area (Å²) < 4.78 is 0.900. The van der Waals surface area contributed by atoms with E-state index in [0.29, 0.717) is 0 Å². The predicted molar refractivity (Wildman–Crippen MR) is 71.8 cm³/mol. The van der Waals surface area contributed by atoms with Crippen molar-refractivity contribution in [1.82, 2.24) is 9.97 Å². The Bertz CT molecular complexity index is 654. The molecule has 2 aromatic heterocycles. The molecule has 0 unspecified atom stereocenters. The van der Waals surface area contributed by atoms with Gasteiger partial charge in [0.15, 0.2) is 0 Å². The maximum absolute atomic E-state index is 4.48. The number of nitrogens with one attached hydrogen (secondary N) is 1. The van der Waals surface area contributed by atoms with E-state index in [1.165, 1.54) is 22.2 Å². The number of thiazole rings is 1. The highest BCUT2D eigenvalue weighted by Gasteiger charge is 2.12. The number of nitrogens with zero attached hydrogens (tertiary/aromatic N) is 1. The molecular weight excluding hydrogens is 284 g/mol. The van der Waals surface area contributed by atoms with Crippen LogP contribution in [-0.4, -0.2) is 9.97 Å². The monoisotopic (exact) mass is 292 g/mol. The molecule has 3 rings (SSSR count). The summed E-state index contributed by atoms with van der Waals surface area (Å²) in [7, 11) is 0. The maximum Gasteiger partial charge on any atom is 0.127 e. The molecule has 0 spiro atoms. The van der Waals surface area contributed by atoms with E-state index in [2.05, 4.69) is 51.0 Å². The van der Waals surface area contributed by atoms with Crippen LogP contribution in [0.3, 0.4) is 0 Å². The van der Waals surface area contributed by atoms with E-state index in [0.717, 1.165) is 9.61 Å². The lowest BCUT2D eigenvalue weighted by Gasteiger charge is -1.95. The smallest absolute Gasteiger partial charge is 0.127 e. The molecule has 0 saturated carbocycles. The molecule has 0 atom stereocenters. The highest BCUT2D eigenvalue weighted by atomic mass is 79.9. The van der Waals surface area contributed by atoms with E-state index in [1.54, 1.807) is 11.3 Å². The number of rotatable bonds is 1. The van der Waals surface area contributed by atoms with Crippen LogP contribution in [0.4, 0.5) is 0 Å². The minimum atomic E-state index is 0.900. The van der Waals surface area contributed by atoms with Crippen molar-refractivity contribution in [3.8, 4) is 10.6 Å². The van der Waals surface area contributed by atoms with Gasteiger partial charge in [-0.2, -0.15) is 0 Å². The number of halogens is 1. The van der Waals surface area contributed by atoms with Gasteiger partial charge in [-0.1, -0.05) is 18.2 Å². The minimum absolute atomic E-state index is 0.900. The van der Waals surface area contributed by atoms with Gasteiger partial charge < -0.3 is 4.98 Å². The standard InChI is InChI=1S/C12H9BrN2S/c1-7-11(12-15-10(13)6-16-12)8-4-2-3-5-9(8)14-7/h2-6,14H,1H3. The highest BCUT2D eigenvalue weighted by Crippen LogP contribution is 2.34. The van der Waals surface area contributed by atoms with Crippen LogP contribution in [0.15, 0.2) is 34.2 Å². The molecule has 0 saturated heterocycles. The van der Waals surface area contributed by atoms with Crippen molar-refractivity contribution in [3.05, 3.63) is 39.9 Å². The molecule has 3 aromatic rings. The Morgan fingerprint density at radius 2 is 2.12 bits per heavy atom. The van der Waals surface area contributed by atoms with Gasteiger partial charge in [0.25, 0.3) is 0 Å². The Balaban J connectivity index is 2.34. The number of hydrogen-bond donors (Lipinski definition) is 1. The normalized spacial score (nSPS) is 11.1. The minimum Gasteiger partial charge on any atom is -0.358 e. The van der Waals surface area contributed by atoms with Gasteiger partial charge in [-0.05, 0) is 28.9 Å². The Morgan fingerprint density at radius 1 is 1.31 bits per heavy atom. The van der Waals surface area contributed by atoms with Gasteiger partial charge >= 0.3 is 0 Å². The fraction of sp³-hybridized carbons (Fsp3) is 0.0833. The first-order valence-electron chi connectivity index (χ1n) is 4.94. The summed E-state index contributed by atoms with van der Waals surface area (Å²) in [5.74, 6) is 0. The average molecular weight is 293 g/mol. The Hall–Kier alpha value is -1.13. The molecule has 0 fully saturated rings. The third-order valence-electron chi connectivity index (χ3n) is 2.58. The number of para-hydroxylation sites is 1. The molecule has 0 aliphatic carbocycles. The number of aromatic nitrogens is 2. The number of fused-ring (bicyclic) bond motifs is 1. The van der Waals surface area contributed by atoms with Crippen LogP contribution in [0.5, 0.6) is 0 Å². The van der Waals surface area contributed by atoms with Crippen molar-refractivity contribution in [2.75, 3.05) is 0 Å². The van der Waals surface area contributed by atoms with Crippen molar-refractivity contribution in [2.24, 2.45) is 0 Å². The number of benzene rings is 1. The topological polar surface area (TPSA) is 28.7 Å². The summed E-state index contributed by atoms with van der Waals surface area (Å²) in [5, 5.41) is 4.31. The molecule has 4 heteroatoms. The first-order valence-corrected chi connectivity index (χ1v) is 6.61. The van der Waals surface area contributed by atoms with E-state index in [1.807, 2.05) is 11.4 Å². The number of aryl methyl sites for hydroxylation is 1. The largest absolute Gasteiger partial charge is 0.358 e. The molecule has 80 valence electrons. The van der Waals surface area contributed by atoms with E-state index >= 15 is 0 Å². The Labute approximate surface area is 105 Å². The van der Waals surface area contributed by atoms with E-state index in [9.17, 15) is 0 Å². The van der Waals surface area contributed by atoms with E-state index < -0.39 is 0 Å². The van der Waals surface area contributed by atoms with Crippen LogP contribution in [0.1, 0.15) is 5.69 Å². The van der Waals surface area contributed by atoms with Gasteiger partial charge in [-0.3, -0.25) is 0 Å². The molecule has 1 aromatic carbocycles. The van der Waals surface area contributed by atoms with E-state index in [4.69, 9.17) is 0 Å². The molecule has 16 heavy (non-hydrogen) atoms. The zero-order chi connectivity index (χ0) is 11.1. The summed E-state index contributed by atoms with van der Waals surface area (Å²) in [4.78, 5) is 7.87. The molecule has 0 bridgehead atoms. The summed E-state index contributed by atoms with van der Waals surface area (Å²) in [6.45, 7) is 2.09. The summed E-state index contributed by atoms with van der Waals surface area (Å²) in [5.41, 5.74) is 3.55. The highest BCUT2D eigenvalue weighted by molar-refractivity contribution is 9.10. The second kappa shape index (κ2) is 3.71. The maximum atomic E-state index is 4.48. The first-order chi connectivity index (χ1) is 7.75. The van der Waals surface area contributed by atoms with Gasteiger partial charge in [0.05, 0.1) is 0 Å². The molecule has 2 heterocycles. The van der Waals surface area contributed by atoms with Gasteiger partial charge in [0.2, 0.25) is 0 Å². The van der Waals surface area contributed by atoms with Crippen LogP contribution in [-0.2, 0) is 0 Å². The second-order valence-electron chi connectivity index (χ2n) is 3.65. The van der Waals surface area contributed by atoms with Crippen LogP contribution in [0.25, 0.3) is 21.5 Å². The zero-order valence-corrected chi connectivity index (χ0v) is 11.0. The van der Waals surface area contributed by atoms with Crippen molar-refractivity contribution in [1.29, 1.82) is 0 Å². The molecule has 2 nitrogen and oxygen atoms in total. The lowest BCUT2D eigenvalue weighted by atomic mass is 10.1. The Morgan fingerprint density at radius 3 is 2.88 bits per heavy atom.